The van der Waals surface area contributed by atoms with Crippen molar-refractivity contribution in [3.8, 4) is 0 Å². The third-order valence-corrected chi connectivity index (χ3v) is 3.87. The van der Waals surface area contributed by atoms with E-state index in [1.54, 1.807) is 18.3 Å². The van der Waals surface area contributed by atoms with Crippen LogP contribution in [0.25, 0.3) is 0 Å². The first-order valence-electron chi connectivity index (χ1n) is 6.02. The molecule has 1 N–H and O–H groups in total. The largest absolute Gasteiger partial charge is 0.362 e. The fourth-order valence-corrected chi connectivity index (χ4v) is 2.69. The molecule has 2 heterocycles. The second kappa shape index (κ2) is 5.79. The number of nitrogens with one attached hydrogen (secondary N) is 1. The number of anilines is 1. The first kappa shape index (κ1) is 13.5. The third kappa shape index (κ3) is 3.08. The molecule has 0 bridgehead atoms. The zero-order valence-corrected chi connectivity index (χ0v) is 11.6. The monoisotopic (exact) mass is 277 g/mol. The van der Waals surface area contributed by atoms with Crippen LogP contribution in [0.2, 0.25) is 0 Å². The second-order valence-corrected chi connectivity index (χ2v) is 5.21. The summed E-state index contributed by atoms with van der Waals surface area (Å²) in [5.41, 5.74) is 0.665. The van der Waals surface area contributed by atoms with Crippen molar-refractivity contribution in [3.63, 3.8) is 0 Å². The van der Waals surface area contributed by atoms with Crippen molar-refractivity contribution in [2.24, 2.45) is 0 Å². The SMILES string of the molecule is CCC(Nc1cc([N+](=O)[O-])c(C)cn1)c1cccs1. The molecule has 0 aliphatic rings. The summed E-state index contributed by atoms with van der Waals surface area (Å²) in [6.45, 7) is 3.76. The number of hydrogen-bond acceptors (Lipinski definition) is 5. The van der Waals surface area contributed by atoms with Crippen LogP contribution in [0.15, 0.2) is 29.8 Å². The highest BCUT2D eigenvalue weighted by atomic mass is 32.1. The van der Waals surface area contributed by atoms with Gasteiger partial charge in [-0.2, -0.15) is 0 Å². The fraction of sp³-hybridized carbons (Fsp3) is 0.308. The summed E-state index contributed by atoms with van der Waals surface area (Å²) in [5, 5.41) is 16.2. The van der Waals surface area contributed by atoms with Gasteiger partial charge in [0.15, 0.2) is 0 Å². The topological polar surface area (TPSA) is 68.1 Å². The number of rotatable bonds is 5. The van der Waals surface area contributed by atoms with Crippen molar-refractivity contribution in [2.75, 3.05) is 5.32 Å². The van der Waals surface area contributed by atoms with Crippen LogP contribution in [0.1, 0.15) is 29.8 Å². The van der Waals surface area contributed by atoms with Gasteiger partial charge in [-0.05, 0) is 24.8 Å². The molecule has 1 unspecified atom stereocenters. The number of nitrogens with zero attached hydrogens (tertiary/aromatic N) is 2. The Balaban J connectivity index is 2.23. The Morgan fingerprint density at radius 2 is 2.37 bits per heavy atom. The van der Waals surface area contributed by atoms with Crippen molar-refractivity contribution in [1.82, 2.24) is 4.98 Å². The van der Waals surface area contributed by atoms with Gasteiger partial charge in [0, 0.05) is 16.6 Å². The van der Waals surface area contributed by atoms with Gasteiger partial charge in [0.1, 0.15) is 5.82 Å². The Morgan fingerprint density at radius 3 is 2.95 bits per heavy atom. The molecule has 0 fully saturated rings. The van der Waals surface area contributed by atoms with Crippen LogP contribution in [0.3, 0.4) is 0 Å². The molecular weight excluding hydrogens is 262 g/mol. The van der Waals surface area contributed by atoms with Gasteiger partial charge in [0.05, 0.1) is 17.0 Å². The van der Waals surface area contributed by atoms with Gasteiger partial charge in [-0.25, -0.2) is 4.98 Å². The molecule has 5 nitrogen and oxygen atoms in total. The maximum atomic E-state index is 10.9. The number of hydrogen-bond donors (Lipinski definition) is 1. The Morgan fingerprint density at radius 1 is 1.58 bits per heavy atom. The minimum atomic E-state index is -0.381. The van der Waals surface area contributed by atoms with Gasteiger partial charge in [-0.1, -0.05) is 13.0 Å². The van der Waals surface area contributed by atoms with Gasteiger partial charge in [-0.3, -0.25) is 10.1 Å². The molecule has 2 aromatic heterocycles. The maximum absolute atomic E-state index is 10.9. The Kier molecular flexibility index (Phi) is 4.11. The molecule has 1 atom stereocenters. The summed E-state index contributed by atoms with van der Waals surface area (Å²) in [4.78, 5) is 15.9. The number of thiophene rings is 1. The molecule has 0 radical (unpaired) electrons. The number of pyridine rings is 1. The van der Waals surface area contributed by atoms with Crippen molar-refractivity contribution in [1.29, 1.82) is 0 Å². The minimum absolute atomic E-state index is 0.0959. The predicted octanol–water partition coefficient (Wildman–Crippen LogP) is 3.92. The van der Waals surface area contributed by atoms with Crippen LogP contribution in [-0.2, 0) is 0 Å². The predicted molar refractivity (Wildman–Crippen MR) is 76.6 cm³/mol. The average Bonchev–Trinajstić information content (AvgIpc) is 2.91. The van der Waals surface area contributed by atoms with Crippen LogP contribution in [0.4, 0.5) is 11.5 Å². The molecule has 0 aliphatic heterocycles. The van der Waals surface area contributed by atoms with Gasteiger partial charge in [-0.15, -0.1) is 11.3 Å². The first-order chi connectivity index (χ1) is 9.11. The smallest absolute Gasteiger partial charge is 0.277 e. The standard InChI is InChI=1S/C13H15N3O2S/c1-3-10(12-5-4-6-19-12)15-13-7-11(16(17)18)9(2)8-14-13/h4-8,10H,3H2,1-2H3,(H,14,15). The molecule has 0 saturated carbocycles. The van der Waals surface area contributed by atoms with E-state index in [0.717, 1.165) is 6.42 Å². The van der Waals surface area contributed by atoms with Crippen LogP contribution >= 0.6 is 11.3 Å². The van der Waals surface area contributed by atoms with Gasteiger partial charge in [0.2, 0.25) is 0 Å². The van der Waals surface area contributed by atoms with Gasteiger partial charge >= 0.3 is 0 Å². The molecule has 2 aromatic rings. The highest BCUT2D eigenvalue weighted by molar-refractivity contribution is 7.10. The van der Waals surface area contributed by atoms with Crippen molar-refractivity contribution < 1.29 is 4.92 Å². The van der Waals surface area contributed by atoms with E-state index in [1.807, 2.05) is 11.4 Å². The molecule has 2 rings (SSSR count). The highest BCUT2D eigenvalue weighted by Gasteiger charge is 2.15. The zero-order valence-electron chi connectivity index (χ0n) is 10.8. The molecule has 0 aromatic carbocycles. The lowest BCUT2D eigenvalue weighted by Crippen LogP contribution is -2.09. The van der Waals surface area contributed by atoms with E-state index in [9.17, 15) is 10.1 Å². The normalized spacial score (nSPS) is 12.1. The molecule has 6 heteroatoms. The lowest BCUT2D eigenvalue weighted by atomic mass is 10.2. The lowest BCUT2D eigenvalue weighted by Gasteiger charge is -2.16. The molecule has 0 aliphatic carbocycles. The third-order valence-electron chi connectivity index (χ3n) is 2.89. The van der Waals surface area contributed by atoms with E-state index in [1.165, 1.54) is 17.1 Å². The zero-order chi connectivity index (χ0) is 13.8. The summed E-state index contributed by atoms with van der Waals surface area (Å²) in [5.74, 6) is 0.539. The summed E-state index contributed by atoms with van der Waals surface area (Å²) < 4.78 is 0. The van der Waals surface area contributed by atoms with Crippen molar-refractivity contribution in [2.45, 2.75) is 26.3 Å². The lowest BCUT2D eigenvalue weighted by molar-refractivity contribution is -0.385. The molecule has 0 spiro atoms. The molecule has 0 saturated heterocycles. The van der Waals surface area contributed by atoms with Crippen molar-refractivity contribution >= 4 is 22.8 Å². The van der Waals surface area contributed by atoms with Crippen molar-refractivity contribution in [3.05, 3.63) is 50.3 Å². The van der Waals surface area contributed by atoms with E-state index in [4.69, 9.17) is 0 Å². The van der Waals surface area contributed by atoms with E-state index in [0.29, 0.717) is 11.4 Å². The number of aryl methyl sites for hydroxylation is 1. The average molecular weight is 277 g/mol. The summed E-state index contributed by atoms with van der Waals surface area (Å²) in [6.07, 6.45) is 2.42. The van der Waals surface area contributed by atoms with Gasteiger partial charge < -0.3 is 5.32 Å². The van der Waals surface area contributed by atoms with E-state index < -0.39 is 0 Å². The number of aromatic nitrogens is 1. The molecule has 100 valence electrons. The van der Waals surface area contributed by atoms with Gasteiger partial charge in [0.25, 0.3) is 5.69 Å². The molecular formula is C13H15N3O2S. The summed E-state index contributed by atoms with van der Waals surface area (Å²) in [6, 6.07) is 5.67. The Hall–Kier alpha value is -1.95. The second-order valence-electron chi connectivity index (χ2n) is 4.23. The van der Waals surface area contributed by atoms with Crippen LogP contribution < -0.4 is 5.32 Å². The summed E-state index contributed by atoms with van der Waals surface area (Å²) in [7, 11) is 0. The Bertz CT molecular complexity index is 569. The van der Waals surface area contributed by atoms with Crippen LogP contribution in [-0.4, -0.2) is 9.91 Å². The highest BCUT2D eigenvalue weighted by Crippen LogP contribution is 2.27. The fourth-order valence-electron chi connectivity index (χ4n) is 1.83. The first-order valence-corrected chi connectivity index (χ1v) is 6.90. The van der Waals surface area contributed by atoms with E-state index >= 15 is 0 Å². The number of nitro groups is 1. The minimum Gasteiger partial charge on any atom is -0.362 e. The summed E-state index contributed by atoms with van der Waals surface area (Å²) >= 11 is 1.66. The van der Waals surface area contributed by atoms with E-state index in [2.05, 4.69) is 23.3 Å². The van der Waals surface area contributed by atoms with Crippen LogP contribution in [0, 0.1) is 17.0 Å². The quantitative estimate of drug-likeness (QED) is 0.664. The maximum Gasteiger partial charge on any atom is 0.277 e. The molecule has 0 amide bonds. The van der Waals surface area contributed by atoms with E-state index in [-0.39, 0.29) is 16.7 Å². The van der Waals surface area contributed by atoms with Crippen LogP contribution in [0.5, 0.6) is 0 Å². The Labute approximate surface area is 115 Å². The molecule has 19 heavy (non-hydrogen) atoms.